The van der Waals surface area contributed by atoms with Crippen molar-refractivity contribution >= 4 is 9.84 Å². The Morgan fingerprint density at radius 1 is 1.53 bits per heavy atom. The van der Waals surface area contributed by atoms with Crippen LogP contribution in [-0.2, 0) is 16.4 Å². The predicted molar refractivity (Wildman–Crippen MR) is 61.4 cm³/mol. The predicted octanol–water partition coefficient (Wildman–Crippen LogP) is 0.942. The third-order valence-electron chi connectivity index (χ3n) is 2.41. The van der Waals surface area contributed by atoms with Crippen molar-refractivity contribution in [2.24, 2.45) is 5.73 Å². The lowest BCUT2D eigenvalue weighted by molar-refractivity contribution is 0.585. The third kappa shape index (κ3) is 3.35. The standard InChI is InChI=1S/C10H18N2O2S/c1-3-15(13,14)8-7-12-6-4-5-10(12)9(2)11/h4-6,9H,3,7-8,11H2,1-2H3. The molecule has 0 amide bonds. The van der Waals surface area contributed by atoms with Crippen molar-refractivity contribution in [2.45, 2.75) is 26.4 Å². The molecule has 0 bridgehead atoms. The Morgan fingerprint density at radius 3 is 2.73 bits per heavy atom. The van der Waals surface area contributed by atoms with E-state index in [9.17, 15) is 8.42 Å². The van der Waals surface area contributed by atoms with Crippen molar-refractivity contribution in [3.63, 3.8) is 0 Å². The van der Waals surface area contributed by atoms with Crippen LogP contribution in [0.2, 0.25) is 0 Å². The smallest absolute Gasteiger partial charge is 0.151 e. The summed E-state index contributed by atoms with van der Waals surface area (Å²) in [5.74, 6) is 0.375. The van der Waals surface area contributed by atoms with Gasteiger partial charge in [0.2, 0.25) is 0 Å². The van der Waals surface area contributed by atoms with Gasteiger partial charge in [0, 0.05) is 30.2 Å². The van der Waals surface area contributed by atoms with Gasteiger partial charge in [-0.15, -0.1) is 0 Å². The summed E-state index contributed by atoms with van der Waals surface area (Å²) in [7, 11) is -2.90. The average Bonchev–Trinajstić information content (AvgIpc) is 2.63. The number of aromatic nitrogens is 1. The van der Waals surface area contributed by atoms with E-state index in [4.69, 9.17) is 5.73 Å². The normalized spacial score (nSPS) is 14.1. The van der Waals surface area contributed by atoms with Crippen molar-refractivity contribution in [3.05, 3.63) is 24.0 Å². The first-order chi connectivity index (χ1) is 6.96. The third-order valence-corrected chi connectivity index (χ3v) is 4.10. The number of hydrogen-bond donors (Lipinski definition) is 1. The van der Waals surface area contributed by atoms with Gasteiger partial charge in [0.05, 0.1) is 5.75 Å². The van der Waals surface area contributed by atoms with Crippen molar-refractivity contribution in [1.29, 1.82) is 0 Å². The Balaban J connectivity index is 2.70. The average molecular weight is 230 g/mol. The molecule has 0 radical (unpaired) electrons. The van der Waals surface area contributed by atoms with E-state index in [1.54, 1.807) is 6.92 Å². The molecule has 86 valence electrons. The molecule has 0 aliphatic rings. The molecule has 0 saturated heterocycles. The highest BCUT2D eigenvalue weighted by molar-refractivity contribution is 7.91. The highest BCUT2D eigenvalue weighted by Crippen LogP contribution is 2.10. The summed E-state index contributed by atoms with van der Waals surface area (Å²) < 4.78 is 24.6. The molecule has 1 aromatic rings. The molecular formula is C10H18N2O2S. The lowest BCUT2D eigenvalue weighted by Gasteiger charge is -2.11. The zero-order chi connectivity index (χ0) is 11.5. The van der Waals surface area contributed by atoms with E-state index in [-0.39, 0.29) is 17.5 Å². The van der Waals surface area contributed by atoms with Crippen molar-refractivity contribution < 1.29 is 8.42 Å². The van der Waals surface area contributed by atoms with Gasteiger partial charge in [-0.25, -0.2) is 8.42 Å². The zero-order valence-electron chi connectivity index (χ0n) is 9.18. The number of nitrogens with zero attached hydrogens (tertiary/aromatic N) is 1. The number of aryl methyl sites for hydroxylation is 1. The quantitative estimate of drug-likeness (QED) is 0.818. The summed E-state index contributed by atoms with van der Waals surface area (Å²) in [6, 6.07) is 3.74. The molecule has 15 heavy (non-hydrogen) atoms. The molecular weight excluding hydrogens is 212 g/mol. The van der Waals surface area contributed by atoms with E-state index in [2.05, 4.69) is 0 Å². The van der Waals surface area contributed by atoms with Crippen LogP contribution in [0.25, 0.3) is 0 Å². The van der Waals surface area contributed by atoms with E-state index in [0.717, 1.165) is 5.69 Å². The molecule has 0 saturated carbocycles. The minimum absolute atomic E-state index is 0.0654. The molecule has 0 aromatic carbocycles. The Bertz CT molecular complexity index is 407. The molecule has 0 spiro atoms. The van der Waals surface area contributed by atoms with Gasteiger partial charge in [-0.2, -0.15) is 0 Å². The van der Waals surface area contributed by atoms with Gasteiger partial charge in [-0.1, -0.05) is 6.92 Å². The molecule has 1 heterocycles. The van der Waals surface area contributed by atoms with Crippen LogP contribution in [-0.4, -0.2) is 24.5 Å². The van der Waals surface area contributed by atoms with Gasteiger partial charge in [0.25, 0.3) is 0 Å². The van der Waals surface area contributed by atoms with Gasteiger partial charge in [-0.05, 0) is 19.1 Å². The van der Waals surface area contributed by atoms with E-state index >= 15 is 0 Å². The van der Waals surface area contributed by atoms with E-state index < -0.39 is 9.84 Å². The highest BCUT2D eigenvalue weighted by atomic mass is 32.2. The van der Waals surface area contributed by atoms with Crippen LogP contribution in [0.5, 0.6) is 0 Å². The Morgan fingerprint density at radius 2 is 2.20 bits per heavy atom. The van der Waals surface area contributed by atoms with Gasteiger partial charge in [0.15, 0.2) is 9.84 Å². The number of hydrogen-bond acceptors (Lipinski definition) is 3. The molecule has 2 N–H and O–H groups in total. The van der Waals surface area contributed by atoms with Crippen LogP contribution in [0, 0.1) is 0 Å². The van der Waals surface area contributed by atoms with Gasteiger partial charge in [0.1, 0.15) is 0 Å². The zero-order valence-corrected chi connectivity index (χ0v) is 10.00. The minimum atomic E-state index is -2.90. The van der Waals surface area contributed by atoms with E-state index in [0.29, 0.717) is 6.54 Å². The topological polar surface area (TPSA) is 65.1 Å². The first kappa shape index (κ1) is 12.3. The molecule has 0 fully saturated rings. The Labute approximate surface area is 91.0 Å². The summed E-state index contributed by atoms with van der Waals surface area (Å²) in [4.78, 5) is 0. The fraction of sp³-hybridized carbons (Fsp3) is 0.600. The van der Waals surface area contributed by atoms with Crippen molar-refractivity contribution in [1.82, 2.24) is 4.57 Å². The van der Waals surface area contributed by atoms with Crippen LogP contribution in [0.3, 0.4) is 0 Å². The lowest BCUT2D eigenvalue weighted by atomic mass is 10.2. The molecule has 1 rings (SSSR count). The Kier molecular flexibility index (Phi) is 3.93. The second-order valence-electron chi connectivity index (χ2n) is 3.65. The second kappa shape index (κ2) is 4.81. The van der Waals surface area contributed by atoms with Gasteiger partial charge >= 0.3 is 0 Å². The van der Waals surface area contributed by atoms with Crippen LogP contribution in [0.4, 0.5) is 0 Å². The number of nitrogens with two attached hydrogens (primary N) is 1. The fourth-order valence-corrected chi connectivity index (χ4v) is 2.19. The summed E-state index contributed by atoms with van der Waals surface area (Å²) in [5, 5.41) is 0. The highest BCUT2D eigenvalue weighted by Gasteiger charge is 2.10. The maximum Gasteiger partial charge on any atom is 0.151 e. The maximum absolute atomic E-state index is 11.3. The van der Waals surface area contributed by atoms with Gasteiger partial charge < -0.3 is 10.3 Å². The first-order valence-corrected chi connectivity index (χ1v) is 6.89. The van der Waals surface area contributed by atoms with Crippen LogP contribution >= 0.6 is 0 Å². The van der Waals surface area contributed by atoms with Crippen molar-refractivity contribution in [3.8, 4) is 0 Å². The second-order valence-corrected chi connectivity index (χ2v) is 6.12. The molecule has 0 aliphatic heterocycles. The van der Waals surface area contributed by atoms with Crippen LogP contribution < -0.4 is 5.73 Å². The molecule has 0 aliphatic carbocycles. The summed E-state index contributed by atoms with van der Waals surface area (Å²) in [6.07, 6.45) is 1.86. The van der Waals surface area contributed by atoms with E-state index in [1.165, 1.54) is 0 Å². The summed E-state index contributed by atoms with van der Waals surface area (Å²) in [5.41, 5.74) is 6.73. The minimum Gasteiger partial charge on any atom is -0.349 e. The molecule has 1 aromatic heterocycles. The van der Waals surface area contributed by atoms with Crippen LogP contribution in [0.1, 0.15) is 25.6 Å². The Hall–Kier alpha value is -0.810. The van der Waals surface area contributed by atoms with E-state index in [1.807, 2.05) is 29.8 Å². The number of rotatable bonds is 5. The molecule has 1 unspecified atom stereocenters. The van der Waals surface area contributed by atoms with Gasteiger partial charge in [-0.3, -0.25) is 0 Å². The largest absolute Gasteiger partial charge is 0.349 e. The van der Waals surface area contributed by atoms with Crippen molar-refractivity contribution in [2.75, 3.05) is 11.5 Å². The first-order valence-electron chi connectivity index (χ1n) is 5.07. The SMILES string of the molecule is CCS(=O)(=O)CCn1cccc1C(C)N. The molecule has 5 heteroatoms. The summed E-state index contributed by atoms with van der Waals surface area (Å²) >= 11 is 0. The summed E-state index contributed by atoms with van der Waals surface area (Å²) in [6.45, 7) is 4.04. The lowest BCUT2D eigenvalue weighted by Crippen LogP contribution is -2.18. The fourth-order valence-electron chi connectivity index (χ4n) is 1.43. The number of sulfone groups is 1. The molecule has 4 nitrogen and oxygen atoms in total. The molecule has 1 atom stereocenters. The monoisotopic (exact) mass is 230 g/mol. The van der Waals surface area contributed by atoms with Crippen LogP contribution in [0.15, 0.2) is 18.3 Å². The maximum atomic E-state index is 11.3.